The number of nitrogens with one attached hydrogen (secondary N) is 1. The number of aromatic nitrogens is 2. The maximum absolute atomic E-state index is 12.2. The van der Waals surface area contributed by atoms with E-state index in [1.807, 2.05) is 13.0 Å². The largest absolute Gasteiger partial charge is 0.465 e. The summed E-state index contributed by atoms with van der Waals surface area (Å²) >= 11 is 5.08. The molecule has 0 fully saturated rings. The molecule has 0 saturated carbocycles. The first kappa shape index (κ1) is 13.3. The number of nitrogens with zero attached hydrogens (tertiary/aromatic N) is 1. The van der Waals surface area contributed by atoms with Crippen LogP contribution in [0.2, 0.25) is 0 Å². The van der Waals surface area contributed by atoms with Crippen LogP contribution in [0.3, 0.4) is 0 Å². The van der Waals surface area contributed by atoms with Crippen molar-refractivity contribution in [3.8, 4) is 0 Å². The summed E-state index contributed by atoms with van der Waals surface area (Å²) < 4.78 is 7.06. The number of hydrogen-bond donors (Lipinski definition) is 1. The lowest BCUT2D eigenvalue weighted by Crippen LogP contribution is -2.46. The molecule has 1 N–H and O–H groups in total. The summed E-state index contributed by atoms with van der Waals surface area (Å²) in [5.74, 6) is 0.724. The number of H-pyrrole nitrogens is 1. The summed E-state index contributed by atoms with van der Waals surface area (Å²) in [6.07, 6.45) is 6.82. The van der Waals surface area contributed by atoms with Gasteiger partial charge in [-0.25, -0.2) is 0 Å². The fourth-order valence-electron chi connectivity index (χ4n) is 1.71. The van der Waals surface area contributed by atoms with E-state index < -0.39 is 0 Å². The Morgan fingerprint density at radius 1 is 1.58 bits per heavy atom. The summed E-state index contributed by atoms with van der Waals surface area (Å²) in [6, 6.07) is 3.63. The fraction of sp³-hybridized carbons (Fsp3) is 0.143. The van der Waals surface area contributed by atoms with E-state index in [2.05, 4.69) is 11.6 Å². The van der Waals surface area contributed by atoms with Crippen molar-refractivity contribution >= 4 is 30.9 Å². The molecule has 98 valence electrons. The Balaban J connectivity index is 2.54. The van der Waals surface area contributed by atoms with Crippen molar-refractivity contribution < 1.29 is 4.42 Å². The summed E-state index contributed by atoms with van der Waals surface area (Å²) in [4.78, 5) is 15.1. The molecule has 2 rings (SSSR count). The molecule has 2 heterocycles. The van der Waals surface area contributed by atoms with Gasteiger partial charge in [0.15, 0.2) is 4.77 Å². The van der Waals surface area contributed by atoms with E-state index >= 15 is 0 Å². The Hall–Kier alpha value is -2.14. The Kier molecular flexibility index (Phi) is 3.97. The molecule has 0 amide bonds. The molecular formula is C14H14N2O2S. The molecule has 0 aliphatic carbocycles. The van der Waals surface area contributed by atoms with Crippen molar-refractivity contribution in [3.05, 3.63) is 55.9 Å². The van der Waals surface area contributed by atoms with Gasteiger partial charge in [0, 0.05) is 11.9 Å². The van der Waals surface area contributed by atoms with E-state index in [1.54, 1.807) is 30.6 Å². The van der Waals surface area contributed by atoms with E-state index in [0.29, 0.717) is 21.9 Å². The van der Waals surface area contributed by atoms with Crippen LogP contribution in [-0.4, -0.2) is 9.55 Å². The van der Waals surface area contributed by atoms with Gasteiger partial charge in [-0.3, -0.25) is 9.36 Å². The van der Waals surface area contributed by atoms with Gasteiger partial charge in [0.25, 0.3) is 5.56 Å². The fourth-order valence-corrected chi connectivity index (χ4v) is 2.05. The van der Waals surface area contributed by atoms with E-state index in [1.165, 1.54) is 4.57 Å². The lowest BCUT2D eigenvalue weighted by molar-refractivity contribution is 0.557. The molecule has 0 unspecified atom stereocenters. The minimum absolute atomic E-state index is 0.139. The van der Waals surface area contributed by atoms with Gasteiger partial charge in [-0.1, -0.05) is 12.7 Å². The quantitative estimate of drug-likeness (QED) is 0.861. The molecule has 0 aliphatic rings. The van der Waals surface area contributed by atoms with Crippen molar-refractivity contribution in [3.63, 3.8) is 0 Å². The topological polar surface area (TPSA) is 50.9 Å². The zero-order valence-corrected chi connectivity index (χ0v) is 11.4. The van der Waals surface area contributed by atoms with Crippen molar-refractivity contribution in [1.82, 2.24) is 9.55 Å². The van der Waals surface area contributed by atoms with E-state index in [-0.39, 0.29) is 5.56 Å². The van der Waals surface area contributed by atoms with Crippen LogP contribution in [0.4, 0.5) is 0 Å². The van der Waals surface area contributed by atoms with E-state index in [4.69, 9.17) is 16.6 Å². The SMILES string of the molecule is C=c1[nH]c(=S)n(CC)c(=O)/c1=C\C=C\c1ccco1. The van der Waals surface area contributed by atoms with Gasteiger partial charge in [0.05, 0.1) is 11.5 Å². The highest BCUT2D eigenvalue weighted by Gasteiger charge is 1.98. The third kappa shape index (κ3) is 2.82. The summed E-state index contributed by atoms with van der Waals surface area (Å²) in [5, 5.41) is 1.02. The van der Waals surface area contributed by atoms with Crippen molar-refractivity contribution in [2.75, 3.05) is 0 Å². The van der Waals surface area contributed by atoms with Crippen LogP contribution in [0, 0.1) is 4.77 Å². The van der Waals surface area contributed by atoms with Crippen molar-refractivity contribution in [1.29, 1.82) is 0 Å². The van der Waals surface area contributed by atoms with Crippen LogP contribution >= 0.6 is 12.2 Å². The highest BCUT2D eigenvalue weighted by atomic mass is 32.1. The Bertz CT molecular complexity index is 811. The number of aromatic amines is 1. The molecule has 5 heteroatoms. The Labute approximate surface area is 115 Å². The minimum Gasteiger partial charge on any atom is -0.465 e. The van der Waals surface area contributed by atoms with Crippen LogP contribution in [0.1, 0.15) is 12.7 Å². The zero-order chi connectivity index (χ0) is 13.8. The number of rotatable bonds is 3. The average Bonchev–Trinajstić information content (AvgIpc) is 2.86. The third-order valence-electron chi connectivity index (χ3n) is 2.69. The molecule has 2 aromatic heterocycles. The zero-order valence-electron chi connectivity index (χ0n) is 10.6. The van der Waals surface area contributed by atoms with Gasteiger partial charge < -0.3 is 9.40 Å². The summed E-state index contributed by atoms with van der Waals surface area (Å²) in [7, 11) is 0. The first-order valence-corrected chi connectivity index (χ1v) is 6.28. The Morgan fingerprint density at radius 3 is 3.00 bits per heavy atom. The van der Waals surface area contributed by atoms with Crippen LogP contribution in [-0.2, 0) is 6.54 Å². The second-order valence-corrected chi connectivity index (χ2v) is 4.30. The van der Waals surface area contributed by atoms with Crippen LogP contribution in [0.15, 0.2) is 33.7 Å². The lowest BCUT2D eigenvalue weighted by Gasteiger charge is -2.01. The van der Waals surface area contributed by atoms with Gasteiger partial charge in [-0.2, -0.15) is 0 Å². The molecule has 0 aliphatic heterocycles. The standard InChI is InChI=1S/C14H14N2O2S/c1-3-16-13(17)12(10(2)15-14(16)19)8-4-6-11-7-5-9-18-11/h4-9H,2-3H2,1H3,(H,15,19)/b6-4+,12-8-. The first-order valence-electron chi connectivity index (χ1n) is 5.87. The van der Waals surface area contributed by atoms with Crippen LogP contribution in [0.5, 0.6) is 0 Å². The second kappa shape index (κ2) is 5.67. The van der Waals surface area contributed by atoms with Gasteiger partial charge in [0.2, 0.25) is 0 Å². The highest BCUT2D eigenvalue weighted by molar-refractivity contribution is 7.71. The van der Waals surface area contributed by atoms with E-state index in [0.717, 1.165) is 5.76 Å². The lowest BCUT2D eigenvalue weighted by atomic mass is 10.3. The molecule has 19 heavy (non-hydrogen) atoms. The van der Waals surface area contributed by atoms with Gasteiger partial charge in [0.1, 0.15) is 5.76 Å². The van der Waals surface area contributed by atoms with Crippen molar-refractivity contribution in [2.45, 2.75) is 13.5 Å². The maximum atomic E-state index is 12.2. The summed E-state index contributed by atoms with van der Waals surface area (Å²) in [5.41, 5.74) is -0.139. The van der Waals surface area contributed by atoms with E-state index in [9.17, 15) is 4.79 Å². The molecule has 0 bridgehead atoms. The molecule has 0 spiro atoms. The van der Waals surface area contributed by atoms with Gasteiger partial charge in [-0.05, 0) is 43.4 Å². The highest BCUT2D eigenvalue weighted by Crippen LogP contribution is 2.01. The predicted molar refractivity (Wildman–Crippen MR) is 78.5 cm³/mol. The number of hydrogen-bond acceptors (Lipinski definition) is 3. The molecule has 2 aromatic rings. The molecule has 4 nitrogen and oxygen atoms in total. The molecule has 0 atom stereocenters. The smallest absolute Gasteiger partial charge is 0.262 e. The maximum Gasteiger partial charge on any atom is 0.262 e. The third-order valence-corrected chi connectivity index (χ3v) is 3.01. The molecular weight excluding hydrogens is 260 g/mol. The number of furan rings is 1. The minimum atomic E-state index is -0.139. The molecule has 0 aromatic carbocycles. The second-order valence-electron chi connectivity index (χ2n) is 3.91. The van der Waals surface area contributed by atoms with Gasteiger partial charge >= 0.3 is 0 Å². The normalized spacial score (nSPS) is 12.4. The van der Waals surface area contributed by atoms with Crippen molar-refractivity contribution in [2.24, 2.45) is 0 Å². The van der Waals surface area contributed by atoms with Gasteiger partial charge in [-0.15, -0.1) is 0 Å². The number of allylic oxidation sites excluding steroid dienone is 1. The monoisotopic (exact) mass is 274 g/mol. The molecule has 0 radical (unpaired) electrons. The molecule has 0 saturated heterocycles. The predicted octanol–water partition coefficient (Wildman–Crippen LogP) is 1.42. The van der Waals surface area contributed by atoms with Crippen LogP contribution < -0.4 is 16.1 Å². The Morgan fingerprint density at radius 2 is 2.37 bits per heavy atom. The average molecular weight is 274 g/mol. The summed E-state index contributed by atoms with van der Waals surface area (Å²) in [6.45, 7) is 6.21. The van der Waals surface area contributed by atoms with Crippen LogP contribution in [0.25, 0.3) is 18.7 Å². The first-order chi connectivity index (χ1) is 9.13.